The first-order valence-electron chi connectivity index (χ1n) is 8.46. The summed E-state index contributed by atoms with van der Waals surface area (Å²) in [5.74, 6) is 0.773. The Bertz CT molecular complexity index is 508. The molecule has 1 fully saturated rings. The van der Waals surface area contributed by atoms with Crippen LogP contribution in [0.25, 0.3) is 0 Å². The number of hydrogen-bond donors (Lipinski definition) is 1. The molecule has 0 spiro atoms. The molecule has 2 nitrogen and oxygen atoms in total. The lowest BCUT2D eigenvalue weighted by Crippen LogP contribution is -2.60. The van der Waals surface area contributed by atoms with Gasteiger partial charge in [0.15, 0.2) is 0 Å². The highest BCUT2D eigenvalue weighted by Crippen LogP contribution is 2.47. The van der Waals surface area contributed by atoms with E-state index in [1.54, 1.807) is 0 Å². The Hall–Kier alpha value is -0.860. The maximum atomic E-state index is 6.33. The van der Waals surface area contributed by atoms with Crippen LogP contribution in [0.5, 0.6) is 0 Å². The van der Waals surface area contributed by atoms with Crippen LogP contribution in [0.4, 0.5) is 0 Å². The van der Waals surface area contributed by atoms with Crippen LogP contribution in [0, 0.1) is 11.3 Å². The molecule has 2 unspecified atom stereocenters. The van der Waals surface area contributed by atoms with Crippen LogP contribution in [-0.4, -0.2) is 23.5 Å². The zero-order valence-electron chi connectivity index (χ0n) is 13.9. The molecule has 1 aromatic rings. The molecule has 0 saturated heterocycles. The van der Waals surface area contributed by atoms with Crippen molar-refractivity contribution in [2.24, 2.45) is 17.1 Å². The van der Waals surface area contributed by atoms with Gasteiger partial charge in [-0.05, 0) is 48.1 Å². The van der Waals surface area contributed by atoms with Crippen molar-refractivity contribution in [3.8, 4) is 0 Å². The molecule has 1 aliphatic heterocycles. The van der Waals surface area contributed by atoms with Crippen LogP contribution in [-0.2, 0) is 13.0 Å². The van der Waals surface area contributed by atoms with Gasteiger partial charge in [0.05, 0.1) is 0 Å². The van der Waals surface area contributed by atoms with Crippen LogP contribution in [0.2, 0.25) is 0 Å². The first-order valence-corrected chi connectivity index (χ1v) is 8.46. The largest absolute Gasteiger partial charge is 0.329 e. The molecule has 2 N–H and O–H groups in total. The van der Waals surface area contributed by atoms with Gasteiger partial charge in [-0.15, -0.1) is 0 Å². The molecule has 0 amide bonds. The van der Waals surface area contributed by atoms with Crippen molar-refractivity contribution in [3.63, 3.8) is 0 Å². The van der Waals surface area contributed by atoms with Crippen LogP contribution in [0.1, 0.15) is 51.2 Å². The van der Waals surface area contributed by atoms with E-state index in [0.29, 0.717) is 5.41 Å². The van der Waals surface area contributed by atoms with E-state index in [1.165, 1.54) is 36.8 Å². The summed E-state index contributed by atoms with van der Waals surface area (Å²) < 4.78 is 0. The lowest BCUT2D eigenvalue weighted by Gasteiger charge is -2.54. The molecule has 1 aliphatic carbocycles. The summed E-state index contributed by atoms with van der Waals surface area (Å²) in [6.45, 7) is 10.3. The smallest absolute Gasteiger partial charge is 0.0343 e. The molecule has 2 atom stereocenters. The molecule has 21 heavy (non-hydrogen) atoms. The summed E-state index contributed by atoms with van der Waals surface area (Å²) in [4.78, 5) is 2.70. The number of benzene rings is 1. The minimum absolute atomic E-state index is 0.203. The lowest BCUT2D eigenvalue weighted by molar-refractivity contribution is -0.0197. The van der Waals surface area contributed by atoms with Gasteiger partial charge in [-0.2, -0.15) is 0 Å². The maximum absolute atomic E-state index is 6.33. The minimum atomic E-state index is 0.203. The van der Waals surface area contributed by atoms with Crippen LogP contribution >= 0.6 is 0 Å². The fourth-order valence-corrected chi connectivity index (χ4v) is 5.13. The molecule has 1 heterocycles. The lowest BCUT2D eigenvalue weighted by atomic mass is 9.63. The van der Waals surface area contributed by atoms with E-state index < -0.39 is 0 Å². The fraction of sp³-hybridized carbons (Fsp3) is 0.684. The second-order valence-corrected chi connectivity index (χ2v) is 8.22. The Balaban J connectivity index is 1.87. The Kier molecular flexibility index (Phi) is 3.87. The maximum Gasteiger partial charge on any atom is 0.0343 e. The van der Waals surface area contributed by atoms with E-state index in [2.05, 4.69) is 49.9 Å². The summed E-state index contributed by atoms with van der Waals surface area (Å²) in [5, 5.41) is 0. The molecule has 0 aromatic heterocycles. The molecule has 116 valence electrons. The first kappa shape index (κ1) is 15.1. The van der Waals surface area contributed by atoms with Crippen LogP contribution < -0.4 is 5.73 Å². The van der Waals surface area contributed by atoms with E-state index in [0.717, 1.165) is 25.6 Å². The van der Waals surface area contributed by atoms with Gasteiger partial charge in [0, 0.05) is 25.2 Å². The van der Waals surface area contributed by atoms with Gasteiger partial charge >= 0.3 is 0 Å². The van der Waals surface area contributed by atoms with E-state index in [1.807, 2.05) is 0 Å². The molecular weight excluding hydrogens is 256 g/mol. The quantitative estimate of drug-likeness (QED) is 0.900. The van der Waals surface area contributed by atoms with Gasteiger partial charge in [-0.3, -0.25) is 4.90 Å². The molecule has 2 aliphatic rings. The van der Waals surface area contributed by atoms with E-state index in [-0.39, 0.29) is 5.54 Å². The Morgan fingerprint density at radius 1 is 1.19 bits per heavy atom. The SMILES string of the molecule is CC1CC(C)(C)CC(CN)(N2CCc3ccccc3C2)C1. The number of fused-ring (bicyclic) bond motifs is 1. The van der Waals surface area contributed by atoms with Crippen LogP contribution in [0.3, 0.4) is 0 Å². The number of hydrogen-bond acceptors (Lipinski definition) is 2. The first-order chi connectivity index (χ1) is 9.94. The molecule has 0 radical (unpaired) electrons. The van der Waals surface area contributed by atoms with Gasteiger partial charge in [-0.1, -0.05) is 45.0 Å². The van der Waals surface area contributed by atoms with Crippen molar-refractivity contribution < 1.29 is 0 Å². The predicted molar refractivity (Wildman–Crippen MR) is 89.1 cm³/mol. The average molecular weight is 286 g/mol. The van der Waals surface area contributed by atoms with Gasteiger partial charge in [-0.25, -0.2) is 0 Å². The van der Waals surface area contributed by atoms with Crippen molar-refractivity contribution >= 4 is 0 Å². The molecule has 3 rings (SSSR count). The normalized spacial score (nSPS) is 32.7. The standard InChI is InChI=1S/C19H30N2/c1-15-10-18(2,3)13-19(11-15,14-20)21-9-8-16-6-4-5-7-17(16)12-21/h4-7,15H,8-14,20H2,1-3H3. The van der Waals surface area contributed by atoms with Crippen LogP contribution in [0.15, 0.2) is 24.3 Å². The number of nitrogens with zero attached hydrogens (tertiary/aromatic N) is 1. The van der Waals surface area contributed by atoms with Crippen molar-refractivity contribution in [2.75, 3.05) is 13.1 Å². The van der Waals surface area contributed by atoms with Crippen molar-refractivity contribution in [1.29, 1.82) is 0 Å². The second-order valence-electron chi connectivity index (χ2n) is 8.22. The molecule has 1 aromatic carbocycles. The van der Waals surface area contributed by atoms with E-state index >= 15 is 0 Å². The van der Waals surface area contributed by atoms with Crippen molar-refractivity contribution in [2.45, 2.75) is 58.5 Å². The third kappa shape index (κ3) is 2.89. The Morgan fingerprint density at radius 3 is 2.57 bits per heavy atom. The summed E-state index contributed by atoms with van der Waals surface area (Å²) in [5.41, 5.74) is 9.98. The zero-order valence-corrected chi connectivity index (χ0v) is 13.9. The minimum Gasteiger partial charge on any atom is -0.329 e. The topological polar surface area (TPSA) is 29.3 Å². The third-order valence-corrected chi connectivity index (χ3v) is 5.62. The molecule has 0 bridgehead atoms. The van der Waals surface area contributed by atoms with Crippen molar-refractivity contribution in [3.05, 3.63) is 35.4 Å². The average Bonchev–Trinajstić information content (AvgIpc) is 2.44. The number of rotatable bonds is 2. The Labute approximate surface area is 129 Å². The number of nitrogens with two attached hydrogens (primary N) is 1. The second kappa shape index (κ2) is 5.40. The highest BCUT2D eigenvalue weighted by Gasteiger charge is 2.46. The monoisotopic (exact) mass is 286 g/mol. The van der Waals surface area contributed by atoms with Gasteiger partial charge in [0.1, 0.15) is 0 Å². The third-order valence-electron chi connectivity index (χ3n) is 5.62. The van der Waals surface area contributed by atoms with Gasteiger partial charge < -0.3 is 5.73 Å². The van der Waals surface area contributed by atoms with E-state index in [4.69, 9.17) is 5.73 Å². The highest BCUT2D eigenvalue weighted by molar-refractivity contribution is 5.29. The molecule has 1 saturated carbocycles. The van der Waals surface area contributed by atoms with Crippen molar-refractivity contribution in [1.82, 2.24) is 4.90 Å². The molecule has 2 heteroatoms. The zero-order chi connectivity index (χ0) is 15.1. The van der Waals surface area contributed by atoms with Gasteiger partial charge in [0.25, 0.3) is 0 Å². The Morgan fingerprint density at radius 2 is 1.90 bits per heavy atom. The molecular formula is C19H30N2. The summed E-state index contributed by atoms with van der Waals surface area (Å²) in [6, 6.07) is 8.92. The van der Waals surface area contributed by atoms with Gasteiger partial charge in [0.2, 0.25) is 0 Å². The highest BCUT2D eigenvalue weighted by atomic mass is 15.2. The summed E-state index contributed by atoms with van der Waals surface area (Å²) in [7, 11) is 0. The fourth-order valence-electron chi connectivity index (χ4n) is 5.13. The predicted octanol–water partition coefficient (Wildman–Crippen LogP) is 3.59. The summed E-state index contributed by atoms with van der Waals surface area (Å²) >= 11 is 0. The summed E-state index contributed by atoms with van der Waals surface area (Å²) in [6.07, 6.45) is 5.00. The van der Waals surface area contributed by atoms with E-state index in [9.17, 15) is 0 Å².